The molecule has 1 heterocycles. The van der Waals surface area contributed by atoms with Gasteiger partial charge in [0.1, 0.15) is 0 Å². The molecule has 216 valence electrons. The minimum absolute atomic E-state index is 0.226. The molecule has 4 aliphatic rings. The van der Waals surface area contributed by atoms with Crippen LogP contribution in [0.2, 0.25) is 9.36 Å². The van der Waals surface area contributed by atoms with Gasteiger partial charge in [0.05, 0.1) is 0 Å². The topological polar surface area (TPSA) is 0 Å². The summed E-state index contributed by atoms with van der Waals surface area (Å²) in [4.78, 5) is 0. The van der Waals surface area contributed by atoms with Crippen molar-refractivity contribution >= 4 is 33.7 Å². The quantitative estimate of drug-likeness (QED) is 0.155. The van der Waals surface area contributed by atoms with Crippen LogP contribution in [0.25, 0.3) is 56.0 Å². The van der Waals surface area contributed by atoms with Gasteiger partial charge >= 0.3 is 272 Å². The SMILES string of the molecule is [CH3][Hf]1([CH3])[CH]2C(=Cc3c(-c4ccc5ccccc5c4)cccc32)C2(CCC2)C2=Cc3c(-c4ccc5ccccc5c4)cccc3[CH]21. The average molecular weight is 743 g/mol. The maximum absolute atomic E-state index is 3.07. The second-order valence-electron chi connectivity index (χ2n) is 14.6. The van der Waals surface area contributed by atoms with E-state index in [-0.39, 0.29) is 5.41 Å². The van der Waals surface area contributed by atoms with Crippen molar-refractivity contribution in [1.29, 1.82) is 0 Å². The van der Waals surface area contributed by atoms with Gasteiger partial charge in [-0.25, -0.2) is 0 Å². The van der Waals surface area contributed by atoms with Gasteiger partial charge < -0.3 is 0 Å². The molecule has 10 rings (SSSR count). The number of allylic oxidation sites excluding steroid dienone is 2. The van der Waals surface area contributed by atoms with Crippen LogP contribution in [-0.4, -0.2) is 0 Å². The van der Waals surface area contributed by atoms with E-state index in [1.807, 2.05) is 0 Å². The number of rotatable bonds is 2. The Morgan fingerprint density at radius 1 is 0.511 bits per heavy atom. The summed E-state index contributed by atoms with van der Waals surface area (Å²) < 4.78 is 6.85. The van der Waals surface area contributed by atoms with Gasteiger partial charge in [-0.05, 0) is 0 Å². The van der Waals surface area contributed by atoms with E-state index in [2.05, 4.69) is 143 Å². The van der Waals surface area contributed by atoms with Crippen LogP contribution < -0.4 is 0 Å². The van der Waals surface area contributed by atoms with Gasteiger partial charge in [0.25, 0.3) is 0 Å². The van der Waals surface area contributed by atoms with Crippen molar-refractivity contribution < 1.29 is 20.0 Å². The summed E-state index contributed by atoms with van der Waals surface area (Å²) in [5.41, 5.74) is 15.6. The molecule has 45 heavy (non-hydrogen) atoms. The third-order valence-electron chi connectivity index (χ3n) is 12.0. The van der Waals surface area contributed by atoms with Crippen LogP contribution in [0.1, 0.15) is 48.9 Å². The van der Waals surface area contributed by atoms with Crippen LogP contribution >= 0.6 is 0 Å². The van der Waals surface area contributed by atoms with Crippen molar-refractivity contribution in [3.8, 4) is 22.3 Å². The Kier molecular flexibility index (Phi) is 5.50. The zero-order valence-electron chi connectivity index (χ0n) is 26.0. The molecule has 1 saturated carbocycles. The molecule has 0 amide bonds. The van der Waals surface area contributed by atoms with E-state index in [1.54, 1.807) is 22.3 Å². The first kappa shape index (κ1) is 26.4. The molecule has 1 saturated heterocycles. The van der Waals surface area contributed by atoms with E-state index < -0.39 is 20.0 Å². The fraction of sp³-hybridized carbons (Fsp3) is 0.182. The van der Waals surface area contributed by atoms with Crippen LogP contribution in [0, 0.1) is 5.41 Å². The van der Waals surface area contributed by atoms with Crippen LogP contribution in [0.5, 0.6) is 0 Å². The number of benzene rings is 6. The van der Waals surface area contributed by atoms with Crippen molar-refractivity contribution in [3.05, 3.63) is 155 Å². The monoisotopic (exact) mass is 744 g/mol. The molecule has 3 aliphatic carbocycles. The number of fused-ring (bicyclic) bond motifs is 10. The molecule has 1 aliphatic heterocycles. The molecular weight excluding hydrogens is 707 g/mol. The molecule has 1 heteroatoms. The van der Waals surface area contributed by atoms with Crippen molar-refractivity contribution in [3.63, 3.8) is 0 Å². The van der Waals surface area contributed by atoms with Gasteiger partial charge in [-0.15, -0.1) is 0 Å². The summed E-state index contributed by atoms with van der Waals surface area (Å²) in [6.45, 7) is 0. The molecule has 0 aromatic heterocycles. The summed E-state index contributed by atoms with van der Waals surface area (Å²) in [7, 11) is 0. The molecule has 0 bridgehead atoms. The Morgan fingerprint density at radius 3 is 1.42 bits per heavy atom. The van der Waals surface area contributed by atoms with E-state index >= 15 is 0 Å². The maximum atomic E-state index is 2.78. The Balaban J connectivity index is 1.15. The minimum atomic E-state index is -3.07. The first-order valence-corrected chi connectivity index (χ1v) is 28.0. The van der Waals surface area contributed by atoms with Crippen molar-refractivity contribution in [2.45, 2.75) is 36.0 Å². The predicted molar refractivity (Wildman–Crippen MR) is 188 cm³/mol. The molecule has 0 N–H and O–H groups in total. The Morgan fingerprint density at radius 2 is 0.978 bits per heavy atom. The van der Waals surface area contributed by atoms with Crippen LogP contribution in [0.4, 0.5) is 0 Å². The van der Waals surface area contributed by atoms with Gasteiger partial charge in [-0.3, -0.25) is 0 Å². The van der Waals surface area contributed by atoms with E-state index in [1.165, 1.54) is 74.2 Å². The number of hydrogen-bond donors (Lipinski definition) is 0. The first-order chi connectivity index (χ1) is 22.0. The summed E-state index contributed by atoms with van der Waals surface area (Å²) in [5, 5.41) is 5.28. The van der Waals surface area contributed by atoms with Crippen molar-refractivity contribution in [1.82, 2.24) is 0 Å². The third-order valence-corrected chi connectivity index (χ3v) is 27.2. The fourth-order valence-electron chi connectivity index (χ4n) is 9.89. The van der Waals surface area contributed by atoms with Gasteiger partial charge in [-0.2, -0.15) is 0 Å². The molecular formula is C44H36Hf. The summed E-state index contributed by atoms with van der Waals surface area (Å²) in [5.74, 6) is 0. The van der Waals surface area contributed by atoms with Gasteiger partial charge in [0, 0.05) is 0 Å². The van der Waals surface area contributed by atoms with Crippen molar-refractivity contribution in [2.24, 2.45) is 5.41 Å². The summed E-state index contributed by atoms with van der Waals surface area (Å²) in [6.07, 6.45) is 9.36. The van der Waals surface area contributed by atoms with E-state index in [0.29, 0.717) is 7.35 Å². The first-order valence-electron chi connectivity index (χ1n) is 16.7. The van der Waals surface area contributed by atoms with Gasteiger partial charge in [0.15, 0.2) is 0 Å². The Hall–Kier alpha value is -3.81. The molecule has 2 atom stereocenters. The summed E-state index contributed by atoms with van der Waals surface area (Å²) >= 11 is -3.07. The second kappa shape index (κ2) is 9.36. The average Bonchev–Trinajstić information content (AvgIpc) is 3.65. The van der Waals surface area contributed by atoms with Gasteiger partial charge in [-0.1, -0.05) is 0 Å². The van der Waals surface area contributed by atoms with Crippen molar-refractivity contribution in [2.75, 3.05) is 0 Å². The third kappa shape index (κ3) is 3.57. The zero-order valence-corrected chi connectivity index (χ0v) is 29.6. The zero-order chi connectivity index (χ0) is 29.9. The van der Waals surface area contributed by atoms with E-state index in [9.17, 15) is 0 Å². The molecule has 2 fully saturated rings. The standard InChI is InChI=1S/C42H30.2CH3.Hf/c1-3-10-30-22-34(18-16-28(30)8-1)38-14-5-12-32-24-36(26-40(32)38)42(20-7-21-42)37-25-33-13-6-15-39(41(33)27-37)35-19-17-29-9-2-4-11-31(29)23-35;;;/h1-6,8-19,22-27H,7,20-21H2;2*1H3;. The Labute approximate surface area is 270 Å². The van der Waals surface area contributed by atoms with E-state index in [0.717, 1.165) is 0 Å². The van der Waals surface area contributed by atoms with E-state index in [4.69, 9.17) is 0 Å². The second-order valence-corrected chi connectivity index (χ2v) is 31.8. The van der Waals surface area contributed by atoms with Crippen LogP contribution in [-0.2, 0) is 20.0 Å². The van der Waals surface area contributed by atoms with Gasteiger partial charge in [0.2, 0.25) is 0 Å². The van der Waals surface area contributed by atoms with Crippen LogP contribution in [0.3, 0.4) is 0 Å². The predicted octanol–water partition coefficient (Wildman–Crippen LogP) is 12.3. The van der Waals surface area contributed by atoms with Crippen LogP contribution in [0.15, 0.2) is 132 Å². The summed E-state index contributed by atoms with van der Waals surface area (Å²) in [6, 6.07) is 46.1. The molecule has 1 spiro atoms. The normalized spacial score (nSPS) is 21.5. The fourth-order valence-corrected chi connectivity index (χ4v) is 27.0. The molecule has 6 aromatic rings. The molecule has 0 nitrogen and oxygen atoms in total. The Bertz CT molecular complexity index is 2140. The number of hydrogen-bond acceptors (Lipinski definition) is 0. The molecule has 6 aromatic carbocycles. The molecule has 2 unspecified atom stereocenters. The molecule has 0 radical (unpaired) electrons.